The van der Waals surface area contributed by atoms with Gasteiger partial charge in [-0.15, -0.1) is 0 Å². The van der Waals surface area contributed by atoms with Crippen LogP contribution in [-0.4, -0.2) is 0 Å². The molecular weight excluding hydrogens is 416 g/mol. The first-order valence-electron chi connectivity index (χ1n) is 11.2. The Balaban J connectivity index is 1.40. The Hall–Kier alpha value is -4.81. The van der Waals surface area contributed by atoms with E-state index in [1.165, 1.54) is 0 Å². The van der Waals surface area contributed by atoms with Gasteiger partial charge in [-0.05, 0) is 77.9 Å². The molecular formula is C31H20N2O. The number of anilines is 3. The number of rotatable bonds is 4. The third-order valence-electron chi connectivity index (χ3n) is 6.10. The zero-order valence-corrected chi connectivity index (χ0v) is 18.3. The van der Waals surface area contributed by atoms with Crippen molar-refractivity contribution in [1.82, 2.24) is 0 Å². The molecule has 0 aliphatic rings. The SMILES string of the molecule is N#Cc1ccc(N(c2ccccc2)c2ccc(-c3ccc4oc5ccccc5c4c3)cc2)cc1. The quantitative estimate of drug-likeness (QED) is 0.278. The average molecular weight is 437 g/mol. The molecule has 160 valence electrons. The monoisotopic (exact) mass is 436 g/mol. The van der Waals surface area contributed by atoms with Gasteiger partial charge in [0.1, 0.15) is 11.2 Å². The van der Waals surface area contributed by atoms with Crippen LogP contribution < -0.4 is 4.90 Å². The summed E-state index contributed by atoms with van der Waals surface area (Å²) in [6.45, 7) is 0. The first kappa shape index (κ1) is 19.8. The number of nitrogens with zero attached hydrogens (tertiary/aromatic N) is 2. The van der Waals surface area contributed by atoms with Crippen molar-refractivity contribution in [2.45, 2.75) is 0 Å². The molecule has 5 aromatic carbocycles. The van der Waals surface area contributed by atoms with Crippen molar-refractivity contribution in [1.29, 1.82) is 5.26 Å². The largest absolute Gasteiger partial charge is 0.456 e. The number of fused-ring (bicyclic) bond motifs is 3. The summed E-state index contributed by atoms with van der Waals surface area (Å²) in [5, 5.41) is 11.4. The molecule has 0 bridgehead atoms. The fraction of sp³-hybridized carbons (Fsp3) is 0. The van der Waals surface area contributed by atoms with Gasteiger partial charge in [-0.1, -0.05) is 54.6 Å². The van der Waals surface area contributed by atoms with E-state index in [2.05, 4.69) is 65.6 Å². The molecule has 1 heterocycles. The Morgan fingerprint density at radius 2 is 1.12 bits per heavy atom. The normalized spacial score (nSPS) is 10.9. The molecule has 3 heteroatoms. The highest BCUT2D eigenvalue weighted by atomic mass is 16.3. The molecule has 0 aliphatic heterocycles. The minimum absolute atomic E-state index is 0.647. The summed E-state index contributed by atoms with van der Waals surface area (Å²) < 4.78 is 5.98. The second-order valence-electron chi connectivity index (χ2n) is 8.19. The van der Waals surface area contributed by atoms with Crippen LogP contribution in [0, 0.1) is 11.3 Å². The second-order valence-corrected chi connectivity index (χ2v) is 8.19. The van der Waals surface area contributed by atoms with Crippen molar-refractivity contribution in [3.8, 4) is 17.2 Å². The van der Waals surface area contributed by atoms with E-state index in [4.69, 9.17) is 4.42 Å². The van der Waals surface area contributed by atoms with Crippen molar-refractivity contribution >= 4 is 39.0 Å². The van der Waals surface area contributed by atoms with Crippen LogP contribution in [0.25, 0.3) is 33.1 Å². The fourth-order valence-electron chi connectivity index (χ4n) is 4.42. The van der Waals surface area contributed by atoms with Gasteiger partial charge in [0.15, 0.2) is 0 Å². The summed E-state index contributed by atoms with van der Waals surface area (Å²) in [6.07, 6.45) is 0. The number of furan rings is 1. The number of benzene rings is 5. The molecule has 1 aromatic heterocycles. The highest BCUT2D eigenvalue weighted by Gasteiger charge is 2.13. The van der Waals surface area contributed by atoms with Gasteiger partial charge < -0.3 is 9.32 Å². The van der Waals surface area contributed by atoms with Crippen molar-refractivity contribution in [3.63, 3.8) is 0 Å². The Bertz CT molecular complexity index is 1640. The third-order valence-corrected chi connectivity index (χ3v) is 6.10. The molecule has 0 saturated heterocycles. The van der Waals surface area contributed by atoms with Crippen LogP contribution in [-0.2, 0) is 0 Å². The van der Waals surface area contributed by atoms with E-state index in [0.29, 0.717) is 5.56 Å². The zero-order chi connectivity index (χ0) is 22.9. The molecule has 0 radical (unpaired) electrons. The van der Waals surface area contributed by atoms with Gasteiger partial charge in [-0.3, -0.25) is 0 Å². The second kappa shape index (κ2) is 8.27. The number of hydrogen-bond acceptors (Lipinski definition) is 3. The molecule has 0 amide bonds. The molecule has 0 atom stereocenters. The molecule has 6 rings (SSSR count). The lowest BCUT2D eigenvalue weighted by atomic mass is 10.0. The molecule has 0 fully saturated rings. The molecule has 0 N–H and O–H groups in total. The third kappa shape index (κ3) is 3.48. The average Bonchev–Trinajstić information content (AvgIpc) is 3.28. The van der Waals surface area contributed by atoms with E-state index in [1.54, 1.807) is 0 Å². The lowest BCUT2D eigenvalue weighted by molar-refractivity contribution is 0.669. The van der Waals surface area contributed by atoms with E-state index in [1.807, 2.05) is 66.7 Å². The van der Waals surface area contributed by atoms with E-state index < -0.39 is 0 Å². The Kier molecular flexibility index (Phi) is 4.83. The highest BCUT2D eigenvalue weighted by Crippen LogP contribution is 2.37. The van der Waals surface area contributed by atoms with Crippen LogP contribution in [0.2, 0.25) is 0 Å². The van der Waals surface area contributed by atoms with Gasteiger partial charge in [-0.2, -0.15) is 5.26 Å². The lowest BCUT2D eigenvalue weighted by Crippen LogP contribution is -2.09. The minimum atomic E-state index is 0.647. The number of para-hydroxylation sites is 2. The van der Waals surface area contributed by atoms with Crippen molar-refractivity contribution in [3.05, 3.63) is 127 Å². The Morgan fingerprint density at radius 1 is 0.529 bits per heavy atom. The minimum Gasteiger partial charge on any atom is -0.456 e. The Morgan fingerprint density at radius 3 is 1.85 bits per heavy atom. The topological polar surface area (TPSA) is 40.2 Å². The lowest BCUT2D eigenvalue weighted by Gasteiger charge is -2.25. The fourth-order valence-corrected chi connectivity index (χ4v) is 4.42. The standard InChI is InChI=1S/C31H20N2O/c32-21-22-10-15-26(16-11-22)33(25-6-2-1-3-7-25)27-17-12-23(13-18-27)24-14-19-31-29(20-24)28-8-4-5-9-30(28)34-31/h1-20H. The maximum absolute atomic E-state index is 9.18. The first-order valence-corrected chi connectivity index (χ1v) is 11.2. The van der Waals surface area contributed by atoms with Gasteiger partial charge in [0.25, 0.3) is 0 Å². The van der Waals surface area contributed by atoms with E-state index in [0.717, 1.165) is 50.1 Å². The molecule has 0 unspecified atom stereocenters. The molecule has 6 aromatic rings. The Labute approximate surface area is 197 Å². The van der Waals surface area contributed by atoms with Crippen molar-refractivity contribution in [2.24, 2.45) is 0 Å². The van der Waals surface area contributed by atoms with Crippen molar-refractivity contribution < 1.29 is 4.42 Å². The van der Waals surface area contributed by atoms with Gasteiger partial charge >= 0.3 is 0 Å². The first-order chi connectivity index (χ1) is 16.8. The maximum atomic E-state index is 9.18. The van der Waals surface area contributed by atoms with Gasteiger partial charge in [0, 0.05) is 27.8 Å². The summed E-state index contributed by atoms with van der Waals surface area (Å²) in [6, 6.07) is 43.2. The van der Waals surface area contributed by atoms with E-state index in [9.17, 15) is 5.26 Å². The number of nitriles is 1. The van der Waals surface area contributed by atoms with E-state index in [-0.39, 0.29) is 0 Å². The van der Waals surface area contributed by atoms with E-state index >= 15 is 0 Å². The van der Waals surface area contributed by atoms with Gasteiger partial charge in [-0.25, -0.2) is 0 Å². The summed E-state index contributed by atoms with van der Waals surface area (Å²) in [7, 11) is 0. The van der Waals surface area contributed by atoms with Crippen LogP contribution in [0.15, 0.2) is 126 Å². The van der Waals surface area contributed by atoms with Crippen molar-refractivity contribution in [2.75, 3.05) is 4.90 Å². The summed E-state index contributed by atoms with van der Waals surface area (Å²) in [5.74, 6) is 0. The predicted molar refractivity (Wildman–Crippen MR) is 139 cm³/mol. The summed E-state index contributed by atoms with van der Waals surface area (Å²) in [4.78, 5) is 2.19. The molecule has 0 spiro atoms. The van der Waals surface area contributed by atoms with Crippen LogP contribution >= 0.6 is 0 Å². The molecule has 3 nitrogen and oxygen atoms in total. The molecule has 0 aliphatic carbocycles. The van der Waals surface area contributed by atoms with Crippen LogP contribution in [0.3, 0.4) is 0 Å². The van der Waals surface area contributed by atoms with Crippen LogP contribution in [0.5, 0.6) is 0 Å². The molecule has 0 saturated carbocycles. The smallest absolute Gasteiger partial charge is 0.135 e. The molecule has 34 heavy (non-hydrogen) atoms. The van der Waals surface area contributed by atoms with Crippen LogP contribution in [0.4, 0.5) is 17.1 Å². The summed E-state index contributed by atoms with van der Waals surface area (Å²) in [5.41, 5.74) is 7.86. The zero-order valence-electron chi connectivity index (χ0n) is 18.3. The van der Waals surface area contributed by atoms with Crippen LogP contribution in [0.1, 0.15) is 5.56 Å². The number of hydrogen-bond donors (Lipinski definition) is 0. The van der Waals surface area contributed by atoms with Gasteiger partial charge in [0.2, 0.25) is 0 Å². The summed E-state index contributed by atoms with van der Waals surface area (Å²) >= 11 is 0. The highest BCUT2D eigenvalue weighted by molar-refractivity contribution is 6.06. The predicted octanol–water partition coefficient (Wildman–Crippen LogP) is 8.59. The maximum Gasteiger partial charge on any atom is 0.135 e. The van der Waals surface area contributed by atoms with Gasteiger partial charge in [0.05, 0.1) is 11.6 Å².